The van der Waals surface area contributed by atoms with Crippen LogP contribution in [-0.4, -0.2) is 10.8 Å². The number of hydrogen-bond acceptors (Lipinski definition) is 4. The van der Waals surface area contributed by atoms with E-state index in [9.17, 15) is 4.79 Å². The second kappa shape index (κ2) is 6.01. The van der Waals surface area contributed by atoms with Gasteiger partial charge in [-0.3, -0.25) is 4.79 Å². The third-order valence-corrected chi connectivity index (χ3v) is 4.08. The van der Waals surface area contributed by atoms with Crippen LogP contribution in [0.4, 0.5) is 0 Å². The van der Waals surface area contributed by atoms with Crippen LogP contribution in [0, 0.1) is 6.92 Å². The van der Waals surface area contributed by atoms with Crippen LogP contribution in [0.15, 0.2) is 57.8 Å². The average molecular weight is 301 g/mol. The molecule has 0 saturated heterocycles. The molecule has 0 radical (unpaired) electrons. The van der Waals surface area contributed by atoms with Gasteiger partial charge >= 0.3 is 0 Å². The van der Waals surface area contributed by atoms with E-state index in [-0.39, 0.29) is 5.91 Å². The average Bonchev–Trinajstić information content (AvgIpc) is 3.19. The van der Waals surface area contributed by atoms with E-state index in [4.69, 9.17) is 8.83 Å². The molecule has 3 rings (SSSR count). The van der Waals surface area contributed by atoms with Crippen molar-refractivity contribution in [2.24, 2.45) is 0 Å². The number of aryl methyl sites for hydroxylation is 1. The Balaban J connectivity index is 1.82. The van der Waals surface area contributed by atoms with Crippen molar-refractivity contribution < 1.29 is 13.6 Å². The number of thiophene rings is 1. The van der Waals surface area contributed by atoms with Crippen LogP contribution in [0.25, 0.3) is 0 Å². The summed E-state index contributed by atoms with van der Waals surface area (Å²) < 4.78 is 10.7. The van der Waals surface area contributed by atoms with E-state index in [1.807, 2.05) is 43.3 Å². The van der Waals surface area contributed by atoms with Crippen molar-refractivity contribution in [3.63, 3.8) is 0 Å². The fraction of sp³-hybridized carbons (Fsp3) is 0.188. The quantitative estimate of drug-likeness (QED) is 0.713. The van der Waals surface area contributed by atoms with Crippen LogP contribution in [0.5, 0.6) is 0 Å². The Kier molecular flexibility index (Phi) is 3.92. The molecule has 0 aliphatic carbocycles. The summed E-state index contributed by atoms with van der Waals surface area (Å²) >= 11 is 1.50. The number of rotatable bonds is 5. The maximum Gasteiger partial charge on any atom is 0.264 e. The van der Waals surface area contributed by atoms with Gasteiger partial charge < -0.3 is 13.7 Å². The Bertz CT molecular complexity index is 662. The minimum absolute atomic E-state index is 0.0131. The standard InChI is InChI=1S/C16H15NO3S/c1-12-6-7-15(21-12)16(18)17(10-13-4-2-8-19-13)11-14-5-3-9-20-14/h2-9H,10-11H2,1H3. The minimum Gasteiger partial charge on any atom is -0.467 e. The number of furan rings is 2. The molecular weight excluding hydrogens is 286 g/mol. The number of nitrogens with zero attached hydrogens (tertiary/aromatic N) is 1. The van der Waals surface area contributed by atoms with Crippen molar-refractivity contribution in [2.75, 3.05) is 0 Å². The lowest BCUT2D eigenvalue weighted by Crippen LogP contribution is -2.29. The highest BCUT2D eigenvalue weighted by Gasteiger charge is 2.20. The normalized spacial score (nSPS) is 10.7. The van der Waals surface area contributed by atoms with Gasteiger partial charge in [0.2, 0.25) is 0 Å². The van der Waals surface area contributed by atoms with E-state index in [0.717, 1.165) is 21.3 Å². The van der Waals surface area contributed by atoms with Gasteiger partial charge in [0, 0.05) is 4.88 Å². The van der Waals surface area contributed by atoms with Crippen molar-refractivity contribution in [3.05, 3.63) is 70.2 Å². The Morgan fingerprint density at radius 2 is 1.67 bits per heavy atom. The van der Waals surface area contributed by atoms with Crippen LogP contribution in [0.2, 0.25) is 0 Å². The first-order chi connectivity index (χ1) is 10.2. The second-order valence-corrected chi connectivity index (χ2v) is 6.02. The zero-order valence-electron chi connectivity index (χ0n) is 11.6. The van der Waals surface area contributed by atoms with E-state index in [1.165, 1.54) is 11.3 Å². The molecule has 0 aliphatic heterocycles. The van der Waals surface area contributed by atoms with Gasteiger partial charge in [-0.05, 0) is 43.3 Å². The van der Waals surface area contributed by atoms with Gasteiger partial charge in [0.1, 0.15) is 11.5 Å². The topological polar surface area (TPSA) is 46.6 Å². The van der Waals surface area contributed by atoms with Gasteiger partial charge in [-0.2, -0.15) is 0 Å². The van der Waals surface area contributed by atoms with Crippen LogP contribution in [0.3, 0.4) is 0 Å². The van der Waals surface area contributed by atoms with Crippen LogP contribution >= 0.6 is 11.3 Å². The molecule has 0 spiro atoms. The lowest BCUT2D eigenvalue weighted by Gasteiger charge is -2.19. The van der Waals surface area contributed by atoms with Crippen molar-refractivity contribution in [1.29, 1.82) is 0 Å². The van der Waals surface area contributed by atoms with Crippen LogP contribution < -0.4 is 0 Å². The zero-order valence-corrected chi connectivity index (χ0v) is 12.4. The molecule has 3 aromatic heterocycles. The molecular formula is C16H15NO3S. The van der Waals surface area contributed by atoms with Crippen LogP contribution in [-0.2, 0) is 13.1 Å². The zero-order chi connectivity index (χ0) is 14.7. The Hall–Kier alpha value is -2.27. The highest BCUT2D eigenvalue weighted by molar-refractivity contribution is 7.13. The molecule has 108 valence electrons. The van der Waals surface area contributed by atoms with Crippen molar-refractivity contribution in [2.45, 2.75) is 20.0 Å². The fourth-order valence-corrected chi connectivity index (χ4v) is 2.92. The van der Waals surface area contributed by atoms with Crippen molar-refractivity contribution in [1.82, 2.24) is 4.90 Å². The number of carbonyl (C=O) groups is 1. The summed E-state index contributed by atoms with van der Waals surface area (Å²) in [7, 11) is 0. The summed E-state index contributed by atoms with van der Waals surface area (Å²) in [5.74, 6) is 1.49. The Morgan fingerprint density at radius 3 is 2.10 bits per heavy atom. The highest BCUT2D eigenvalue weighted by Crippen LogP contribution is 2.20. The molecule has 4 nitrogen and oxygen atoms in total. The highest BCUT2D eigenvalue weighted by atomic mass is 32.1. The first-order valence-corrected chi connectivity index (χ1v) is 7.44. The Morgan fingerprint density at radius 1 is 1.05 bits per heavy atom. The summed E-state index contributed by atoms with van der Waals surface area (Å²) in [5.41, 5.74) is 0. The van der Waals surface area contributed by atoms with E-state index < -0.39 is 0 Å². The monoisotopic (exact) mass is 301 g/mol. The second-order valence-electron chi connectivity index (χ2n) is 4.73. The molecule has 0 aliphatic rings. The van der Waals surface area contributed by atoms with E-state index >= 15 is 0 Å². The molecule has 1 amide bonds. The summed E-state index contributed by atoms with van der Waals surface area (Å²) in [6.45, 7) is 2.83. The predicted molar refractivity (Wildman–Crippen MR) is 80.0 cm³/mol. The third kappa shape index (κ3) is 3.25. The van der Waals surface area contributed by atoms with Crippen molar-refractivity contribution >= 4 is 17.2 Å². The smallest absolute Gasteiger partial charge is 0.264 e. The number of carbonyl (C=O) groups excluding carboxylic acids is 1. The van der Waals surface area contributed by atoms with Gasteiger partial charge in [-0.15, -0.1) is 11.3 Å². The first-order valence-electron chi connectivity index (χ1n) is 6.63. The molecule has 3 aromatic rings. The van der Waals surface area contributed by atoms with Gasteiger partial charge in [-0.25, -0.2) is 0 Å². The summed E-state index contributed by atoms with van der Waals surface area (Å²) in [5, 5.41) is 0. The third-order valence-electron chi connectivity index (χ3n) is 3.09. The lowest BCUT2D eigenvalue weighted by atomic mass is 10.3. The molecule has 0 unspecified atom stereocenters. The van der Waals surface area contributed by atoms with Gasteiger partial charge in [-0.1, -0.05) is 0 Å². The minimum atomic E-state index is -0.0131. The summed E-state index contributed by atoms with van der Waals surface area (Å²) in [6.07, 6.45) is 3.22. The maximum atomic E-state index is 12.7. The van der Waals surface area contributed by atoms with E-state index in [1.54, 1.807) is 17.4 Å². The lowest BCUT2D eigenvalue weighted by molar-refractivity contribution is 0.0710. The van der Waals surface area contributed by atoms with Gasteiger partial charge in [0.05, 0.1) is 30.5 Å². The van der Waals surface area contributed by atoms with Gasteiger partial charge in [0.15, 0.2) is 0 Å². The van der Waals surface area contributed by atoms with E-state index in [0.29, 0.717) is 13.1 Å². The Labute approximate surface area is 126 Å². The van der Waals surface area contributed by atoms with E-state index in [2.05, 4.69) is 0 Å². The summed E-state index contributed by atoms with van der Waals surface area (Å²) in [6, 6.07) is 11.2. The molecule has 0 bridgehead atoms. The molecule has 0 saturated carbocycles. The van der Waals surface area contributed by atoms with Crippen molar-refractivity contribution in [3.8, 4) is 0 Å². The summed E-state index contributed by atoms with van der Waals surface area (Å²) in [4.78, 5) is 16.2. The number of amides is 1. The SMILES string of the molecule is Cc1ccc(C(=O)N(Cc2ccco2)Cc2ccco2)s1. The molecule has 0 fully saturated rings. The largest absolute Gasteiger partial charge is 0.467 e. The predicted octanol–water partition coefficient (Wildman–Crippen LogP) is 4.09. The molecule has 21 heavy (non-hydrogen) atoms. The molecule has 0 atom stereocenters. The van der Waals surface area contributed by atoms with Crippen LogP contribution in [0.1, 0.15) is 26.1 Å². The fourth-order valence-electron chi connectivity index (χ4n) is 2.09. The molecule has 0 aromatic carbocycles. The first kappa shape index (κ1) is 13.7. The van der Waals surface area contributed by atoms with Gasteiger partial charge in [0.25, 0.3) is 5.91 Å². The molecule has 3 heterocycles. The number of hydrogen-bond donors (Lipinski definition) is 0. The molecule has 5 heteroatoms. The maximum absolute atomic E-state index is 12.7. The molecule has 0 N–H and O–H groups in total.